The van der Waals surface area contributed by atoms with Crippen LogP contribution in [0.5, 0.6) is 0 Å². The molecule has 0 fully saturated rings. The molecule has 0 heterocycles. The second kappa shape index (κ2) is 3.90. The molecule has 0 aliphatic carbocycles. The smallest absolute Gasteiger partial charge is 0.211 e. The van der Waals surface area contributed by atoms with Crippen LogP contribution < -0.4 is 5.32 Å². The van der Waals surface area contributed by atoms with Crippen molar-refractivity contribution < 1.29 is 4.79 Å². The van der Waals surface area contributed by atoms with Crippen LogP contribution in [0.15, 0.2) is 24.8 Å². The van der Waals surface area contributed by atoms with Crippen LogP contribution in [0.3, 0.4) is 0 Å². The number of hydrogen-bond acceptors (Lipinski definition) is 1. The normalized spacial score (nSPS) is 9.38. The third kappa shape index (κ3) is 1.96. The molecular formula is C11H13NO. The van der Waals surface area contributed by atoms with Gasteiger partial charge in [-0.05, 0) is 25.0 Å². The molecule has 1 rings (SSSR count). The van der Waals surface area contributed by atoms with Gasteiger partial charge in [-0.3, -0.25) is 4.79 Å². The highest BCUT2D eigenvalue weighted by molar-refractivity contribution is 5.83. The van der Waals surface area contributed by atoms with Gasteiger partial charge in [0.1, 0.15) is 0 Å². The van der Waals surface area contributed by atoms with Crippen LogP contribution in [0.2, 0.25) is 0 Å². The number of benzene rings is 1. The molecule has 0 unspecified atom stereocenters. The average molecular weight is 175 g/mol. The van der Waals surface area contributed by atoms with Gasteiger partial charge in [-0.1, -0.05) is 24.8 Å². The lowest BCUT2D eigenvalue weighted by Crippen LogP contribution is -1.99. The monoisotopic (exact) mass is 175 g/mol. The first-order chi connectivity index (χ1) is 6.16. The third-order valence-corrected chi connectivity index (χ3v) is 1.94. The maximum absolute atomic E-state index is 10.4. The largest absolute Gasteiger partial charge is 0.328 e. The minimum Gasteiger partial charge on any atom is -0.328 e. The maximum Gasteiger partial charge on any atom is 0.211 e. The molecule has 0 aromatic heterocycles. The fourth-order valence-corrected chi connectivity index (χ4v) is 1.27. The van der Waals surface area contributed by atoms with E-state index >= 15 is 0 Å². The van der Waals surface area contributed by atoms with Crippen LogP contribution in [-0.4, -0.2) is 6.41 Å². The summed E-state index contributed by atoms with van der Waals surface area (Å²) in [6, 6.07) is 5.86. The van der Waals surface area contributed by atoms with Crippen LogP contribution >= 0.6 is 0 Å². The summed E-state index contributed by atoms with van der Waals surface area (Å²) >= 11 is 0. The van der Waals surface area contributed by atoms with Crippen molar-refractivity contribution in [3.05, 3.63) is 35.9 Å². The molecule has 0 bridgehead atoms. The molecular weight excluding hydrogens is 162 g/mol. The van der Waals surface area contributed by atoms with Gasteiger partial charge in [-0.15, -0.1) is 0 Å². The first-order valence-electron chi connectivity index (χ1n) is 4.12. The Labute approximate surface area is 78.3 Å². The average Bonchev–Trinajstić information content (AvgIpc) is 2.08. The highest BCUT2D eigenvalue weighted by Gasteiger charge is 2.04. The van der Waals surface area contributed by atoms with Gasteiger partial charge < -0.3 is 5.32 Å². The molecule has 0 radical (unpaired) electrons. The van der Waals surface area contributed by atoms with Crippen molar-refractivity contribution in [1.29, 1.82) is 0 Å². The molecule has 2 nitrogen and oxygen atoms in total. The van der Waals surface area contributed by atoms with Gasteiger partial charge in [0.25, 0.3) is 0 Å². The van der Waals surface area contributed by atoms with Crippen molar-refractivity contribution in [3.63, 3.8) is 0 Å². The molecule has 1 aromatic carbocycles. The van der Waals surface area contributed by atoms with Crippen molar-refractivity contribution in [2.75, 3.05) is 5.32 Å². The summed E-state index contributed by atoms with van der Waals surface area (Å²) in [5.74, 6) is 0. The van der Waals surface area contributed by atoms with E-state index in [9.17, 15) is 4.79 Å². The molecule has 0 aliphatic heterocycles. The van der Waals surface area contributed by atoms with E-state index in [1.165, 1.54) is 0 Å². The number of anilines is 1. The zero-order chi connectivity index (χ0) is 9.84. The topological polar surface area (TPSA) is 29.1 Å². The highest BCUT2D eigenvalue weighted by atomic mass is 16.1. The van der Waals surface area contributed by atoms with Gasteiger partial charge in [0.05, 0.1) is 5.69 Å². The number of aryl methyl sites for hydroxylation is 1. The fraction of sp³-hybridized carbons (Fsp3) is 0.182. The number of carbonyl (C=O) groups is 1. The number of nitrogens with one attached hydrogen (secondary N) is 1. The maximum atomic E-state index is 10.4. The molecule has 68 valence electrons. The molecule has 13 heavy (non-hydrogen) atoms. The first kappa shape index (κ1) is 9.52. The van der Waals surface area contributed by atoms with Gasteiger partial charge in [-0.2, -0.15) is 0 Å². The van der Waals surface area contributed by atoms with Crippen LogP contribution in [-0.2, 0) is 4.79 Å². The van der Waals surface area contributed by atoms with Crippen molar-refractivity contribution in [2.24, 2.45) is 0 Å². The standard InChI is InChI=1S/C11H13NO/c1-8(2)10-6-4-5-9(3)11(10)12-7-13/h4-7H,1H2,2-3H3,(H,12,13). The lowest BCUT2D eigenvalue weighted by molar-refractivity contribution is -0.105. The molecule has 0 atom stereocenters. The Balaban J connectivity index is 3.24. The third-order valence-electron chi connectivity index (χ3n) is 1.94. The summed E-state index contributed by atoms with van der Waals surface area (Å²) in [7, 11) is 0. The summed E-state index contributed by atoms with van der Waals surface area (Å²) in [6.45, 7) is 7.73. The summed E-state index contributed by atoms with van der Waals surface area (Å²) in [5.41, 5.74) is 3.85. The van der Waals surface area contributed by atoms with Crippen molar-refractivity contribution in [2.45, 2.75) is 13.8 Å². The van der Waals surface area contributed by atoms with E-state index in [2.05, 4.69) is 11.9 Å². The lowest BCUT2D eigenvalue weighted by atomic mass is 10.0. The minimum atomic E-state index is 0.689. The summed E-state index contributed by atoms with van der Waals surface area (Å²) in [6.07, 6.45) is 0.689. The lowest BCUT2D eigenvalue weighted by Gasteiger charge is -2.10. The molecule has 1 amide bonds. The molecule has 1 N–H and O–H groups in total. The molecule has 2 heteroatoms. The van der Waals surface area contributed by atoms with Crippen molar-refractivity contribution in [3.8, 4) is 0 Å². The second-order valence-electron chi connectivity index (χ2n) is 3.04. The van der Waals surface area contributed by atoms with Gasteiger partial charge in [0.15, 0.2) is 0 Å². The van der Waals surface area contributed by atoms with Crippen LogP contribution in [0.1, 0.15) is 18.1 Å². The van der Waals surface area contributed by atoms with Crippen LogP contribution in [0.4, 0.5) is 5.69 Å². The van der Waals surface area contributed by atoms with Crippen LogP contribution in [0, 0.1) is 6.92 Å². The number of carbonyl (C=O) groups excluding carboxylic acids is 1. The zero-order valence-electron chi connectivity index (χ0n) is 7.92. The Morgan fingerprint density at radius 1 is 1.54 bits per heavy atom. The second-order valence-corrected chi connectivity index (χ2v) is 3.04. The fourth-order valence-electron chi connectivity index (χ4n) is 1.27. The quantitative estimate of drug-likeness (QED) is 0.703. The molecule has 0 spiro atoms. The van der Waals surface area contributed by atoms with Gasteiger partial charge in [0, 0.05) is 5.56 Å². The zero-order valence-corrected chi connectivity index (χ0v) is 7.92. The first-order valence-corrected chi connectivity index (χ1v) is 4.12. The predicted octanol–water partition coefficient (Wildman–Crippen LogP) is 2.60. The number of amides is 1. The van der Waals surface area contributed by atoms with Gasteiger partial charge in [0.2, 0.25) is 6.41 Å². The summed E-state index contributed by atoms with van der Waals surface area (Å²) in [4.78, 5) is 10.4. The van der Waals surface area contributed by atoms with Gasteiger partial charge in [-0.25, -0.2) is 0 Å². The SMILES string of the molecule is C=C(C)c1cccc(C)c1NC=O. The van der Waals surface area contributed by atoms with Crippen molar-refractivity contribution >= 4 is 17.7 Å². The predicted molar refractivity (Wildman–Crippen MR) is 55.6 cm³/mol. The number of hydrogen-bond donors (Lipinski definition) is 1. The van der Waals surface area contributed by atoms with E-state index in [1.54, 1.807) is 0 Å². The highest BCUT2D eigenvalue weighted by Crippen LogP contribution is 2.25. The molecule has 0 saturated carbocycles. The van der Waals surface area contributed by atoms with Crippen LogP contribution in [0.25, 0.3) is 5.57 Å². The molecule has 0 aliphatic rings. The summed E-state index contributed by atoms with van der Waals surface area (Å²) in [5, 5.41) is 2.68. The van der Waals surface area contributed by atoms with Gasteiger partial charge >= 0.3 is 0 Å². The number of allylic oxidation sites excluding steroid dienone is 1. The minimum absolute atomic E-state index is 0.689. The number of rotatable bonds is 3. The Morgan fingerprint density at radius 3 is 2.77 bits per heavy atom. The number of para-hydroxylation sites is 1. The Hall–Kier alpha value is -1.57. The van der Waals surface area contributed by atoms with E-state index in [0.717, 1.165) is 22.4 Å². The van der Waals surface area contributed by atoms with E-state index in [0.29, 0.717) is 6.41 Å². The van der Waals surface area contributed by atoms with Crippen molar-refractivity contribution in [1.82, 2.24) is 0 Å². The Bertz CT molecular complexity index is 342. The Kier molecular flexibility index (Phi) is 2.85. The van der Waals surface area contributed by atoms with E-state index in [1.807, 2.05) is 32.0 Å². The van der Waals surface area contributed by atoms with E-state index in [-0.39, 0.29) is 0 Å². The van der Waals surface area contributed by atoms with E-state index in [4.69, 9.17) is 0 Å². The Morgan fingerprint density at radius 2 is 2.23 bits per heavy atom. The molecule has 1 aromatic rings. The van der Waals surface area contributed by atoms with E-state index < -0.39 is 0 Å². The molecule has 0 saturated heterocycles. The summed E-state index contributed by atoms with van der Waals surface area (Å²) < 4.78 is 0.